The van der Waals surface area contributed by atoms with Gasteiger partial charge in [0.1, 0.15) is 0 Å². The van der Waals surface area contributed by atoms with Gasteiger partial charge >= 0.3 is 0 Å². The minimum atomic E-state index is -4.08. The van der Waals surface area contributed by atoms with E-state index < -0.39 is 10.0 Å². The summed E-state index contributed by atoms with van der Waals surface area (Å²) in [6, 6.07) is 31.5. The van der Waals surface area contributed by atoms with Crippen molar-refractivity contribution < 1.29 is 13.2 Å². The number of benzene rings is 4. The van der Waals surface area contributed by atoms with E-state index in [2.05, 4.69) is 29.2 Å². The van der Waals surface area contributed by atoms with E-state index in [9.17, 15) is 13.2 Å². The van der Waals surface area contributed by atoms with Crippen molar-refractivity contribution in [2.24, 2.45) is 0 Å². The average molecular weight is 643 g/mol. The number of hydrogen-bond donors (Lipinski definition) is 0. The van der Waals surface area contributed by atoms with Gasteiger partial charge in [0.2, 0.25) is 15.9 Å². The molecule has 0 bridgehead atoms. The first kappa shape index (κ1) is 30.5. The fourth-order valence-corrected chi connectivity index (χ4v) is 7.21. The summed E-state index contributed by atoms with van der Waals surface area (Å²) in [6.45, 7) is 1.71. The van der Waals surface area contributed by atoms with Crippen LogP contribution in [0, 0.1) is 0 Å². The molecule has 0 spiro atoms. The number of amides is 1. The van der Waals surface area contributed by atoms with Gasteiger partial charge in [0, 0.05) is 53.4 Å². The van der Waals surface area contributed by atoms with E-state index in [1.807, 2.05) is 36.4 Å². The normalized spacial score (nSPS) is 14.5. The number of carbonyl (C=O) groups is 1. The van der Waals surface area contributed by atoms with Crippen molar-refractivity contribution in [3.05, 3.63) is 135 Å². The molecule has 0 saturated carbocycles. The maximum Gasteiger partial charge on any atom is 0.243 e. The second-order valence-corrected chi connectivity index (χ2v) is 13.3. The lowest BCUT2D eigenvalue weighted by molar-refractivity contribution is -0.133. The number of halogens is 3. The third-order valence-corrected chi connectivity index (χ3v) is 10.2. The fourth-order valence-electron chi connectivity index (χ4n) is 5.21. The lowest BCUT2D eigenvalue weighted by atomic mass is 9.96. The molecule has 10 heteroatoms. The molecule has 42 heavy (non-hydrogen) atoms. The van der Waals surface area contributed by atoms with Crippen molar-refractivity contribution in [2.45, 2.75) is 17.5 Å². The summed E-state index contributed by atoms with van der Waals surface area (Å²) in [7, 11) is -4.08. The van der Waals surface area contributed by atoms with Gasteiger partial charge in [-0.3, -0.25) is 9.69 Å². The van der Waals surface area contributed by atoms with E-state index in [0.717, 1.165) is 4.31 Å². The second kappa shape index (κ2) is 13.6. The fraction of sp³-hybridized carbons (Fsp3) is 0.219. The highest BCUT2D eigenvalue weighted by Crippen LogP contribution is 2.31. The number of nitrogens with zero attached hydrogens (tertiary/aromatic N) is 3. The molecule has 0 radical (unpaired) electrons. The van der Waals surface area contributed by atoms with E-state index in [0.29, 0.717) is 46.8 Å². The van der Waals surface area contributed by atoms with Gasteiger partial charge in [-0.1, -0.05) is 102 Å². The molecule has 0 N–H and O–H groups in total. The summed E-state index contributed by atoms with van der Waals surface area (Å²) in [5.41, 5.74) is 2.80. The van der Waals surface area contributed by atoms with Crippen molar-refractivity contribution >= 4 is 50.7 Å². The largest absolute Gasteiger partial charge is 0.339 e. The molecule has 1 aliphatic rings. The van der Waals surface area contributed by atoms with Gasteiger partial charge in [-0.25, -0.2) is 8.42 Å². The molecular weight excluding hydrogens is 613 g/mol. The van der Waals surface area contributed by atoms with Crippen LogP contribution in [0.25, 0.3) is 0 Å². The number of sulfonamides is 1. The zero-order valence-corrected chi connectivity index (χ0v) is 25.8. The van der Waals surface area contributed by atoms with Gasteiger partial charge in [-0.15, -0.1) is 0 Å². The molecule has 4 aromatic rings. The summed E-state index contributed by atoms with van der Waals surface area (Å²) in [4.78, 5) is 17.7. The van der Waals surface area contributed by atoms with Crippen LogP contribution in [0.15, 0.2) is 108 Å². The van der Waals surface area contributed by atoms with Crippen molar-refractivity contribution in [3.8, 4) is 0 Å². The average Bonchev–Trinajstić information content (AvgIpc) is 3.00. The predicted molar refractivity (Wildman–Crippen MR) is 168 cm³/mol. The molecule has 0 aliphatic carbocycles. The number of rotatable bonds is 9. The van der Waals surface area contributed by atoms with Crippen molar-refractivity contribution in [1.82, 2.24) is 14.1 Å². The molecule has 0 atom stereocenters. The van der Waals surface area contributed by atoms with Gasteiger partial charge in [0.25, 0.3) is 0 Å². The Bertz CT molecular complexity index is 1550. The Morgan fingerprint density at radius 2 is 1.24 bits per heavy atom. The van der Waals surface area contributed by atoms with Crippen LogP contribution in [0.2, 0.25) is 15.1 Å². The highest BCUT2D eigenvalue weighted by atomic mass is 35.5. The minimum Gasteiger partial charge on any atom is -0.339 e. The minimum absolute atomic E-state index is 0.0289. The Kier molecular flexibility index (Phi) is 9.88. The van der Waals surface area contributed by atoms with Crippen LogP contribution in [-0.4, -0.2) is 61.2 Å². The molecule has 1 saturated heterocycles. The summed E-state index contributed by atoms with van der Waals surface area (Å²) >= 11 is 18.8. The van der Waals surface area contributed by atoms with Gasteiger partial charge in [-0.05, 0) is 47.5 Å². The summed E-state index contributed by atoms with van der Waals surface area (Å²) in [6.07, 6.45) is 0. The van der Waals surface area contributed by atoms with Crippen LogP contribution in [0.1, 0.15) is 22.7 Å². The molecular formula is C32H30Cl3N3O3S. The second-order valence-electron chi connectivity index (χ2n) is 10.1. The van der Waals surface area contributed by atoms with Gasteiger partial charge < -0.3 is 4.90 Å². The summed E-state index contributed by atoms with van der Waals surface area (Å²) < 4.78 is 28.7. The van der Waals surface area contributed by atoms with E-state index in [-0.39, 0.29) is 29.9 Å². The third-order valence-electron chi connectivity index (χ3n) is 7.42. The molecule has 5 rings (SSSR count). The smallest absolute Gasteiger partial charge is 0.243 e. The quantitative estimate of drug-likeness (QED) is 0.202. The molecule has 4 aromatic carbocycles. The standard InChI is InChI=1S/C32H30Cl3N3O3S/c33-26-14-16-27(17-15-26)42(40,41)38(22-28-29(34)12-7-13-30(28)35)23-31(39)36-18-20-37(21-19-36)32(24-8-3-1-4-9-24)25-10-5-2-6-11-25/h1-17,32H,18-23H2. The van der Waals surface area contributed by atoms with Crippen molar-refractivity contribution in [3.63, 3.8) is 0 Å². The first-order chi connectivity index (χ1) is 20.2. The first-order valence-corrected chi connectivity index (χ1v) is 16.1. The lowest BCUT2D eigenvalue weighted by Gasteiger charge is -2.40. The van der Waals surface area contributed by atoms with E-state index in [4.69, 9.17) is 34.8 Å². The Morgan fingerprint density at radius 3 is 1.76 bits per heavy atom. The molecule has 1 heterocycles. The Morgan fingerprint density at radius 1 is 0.714 bits per heavy atom. The van der Waals surface area contributed by atoms with E-state index in [1.165, 1.54) is 35.4 Å². The topological polar surface area (TPSA) is 60.9 Å². The molecule has 1 amide bonds. The van der Waals surface area contributed by atoms with Crippen LogP contribution >= 0.6 is 34.8 Å². The predicted octanol–water partition coefficient (Wildman–Crippen LogP) is 6.77. The Labute approximate surface area is 262 Å². The SMILES string of the molecule is O=C(CN(Cc1c(Cl)cccc1Cl)S(=O)(=O)c1ccc(Cl)cc1)N1CCN(C(c2ccccc2)c2ccccc2)CC1. The maximum atomic E-state index is 13.8. The highest BCUT2D eigenvalue weighted by Gasteiger charge is 2.32. The molecule has 218 valence electrons. The van der Waals surface area contributed by atoms with Crippen LogP contribution in [0.3, 0.4) is 0 Å². The summed E-state index contributed by atoms with van der Waals surface area (Å²) in [5.74, 6) is -0.286. The number of carbonyl (C=O) groups excluding carboxylic acids is 1. The zero-order chi connectivity index (χ0) is 29.7. The van der Waals surface area contributed by atoms with Crippen LogP contribution in [0.5, 0.6) is 0 Å². The van der Waals surface area contributed by atoms with Crippen molar-refractivity contribution in [2.75, 3.05) is 32.7 Å². The first-order valence-electron chi connectivity index (χ1n) is 13.5. The van der Waals surface area contributed by atoms with Crippen LogP contribution in [-0.2, 0) is 21.4 Å². The molecule has 0 unspecified atom stereocenters. The molecule has 6 nitrogen and oxygen atoms in total. The Balaban J connectivity index is 1.35. The number of piperazine rings is 1. The van der Waals surface area contributed by atoms with Crippen LogP contribution < -0.4 is 0 Å². The monoisotopic (exact) mass is 641 g/mol. The van der Waals surface area contributed by atoms with E-state index >= 15 is 0 Å². The lowest BCUT2D eigenvalue weighted by Crippen LogP contribution is -2.52. The molecule has 1 fully saturated rings. The molecule has 1 aliphatic heterocycles. The maximum absolute atomic E-state index is 13.8. The van der Waals surface area contributed by atoms with Crippen LogP contribution in [0.4, 0.5) is 0 Å². The number of hydrogen-bond acceptors (Lipinski definition) is 4. The molecule has 0 aromatic heterocycles. The summed E-state index contributed by atoms with van der Waals surface area (Å²) in [5, 5.41) is 1.06. The zero-order valence-electron chi connectivity index (χ0n) is 22.7. The van der Waals surface area contributed by atoms with Crippen molar-refractivity contribution in [1.29, 1.82) is 0 Å². The Hall–Kier alpha value is -2.91. The van der Waals surface area contributed by atoms with E-state index in [1.54, 1.807) is 23.1 Å². The van der Waals surface area contributed by atoms with Gasteiger partial charge in [0.05, 0.1) is 17.5 Å². The highest BCUT2D eigenvalue weighted by molar-refractivity contribution is 7.89. The van der Waals surface area contributed by atoms with Gasteiger partial charge in [-0.2, -0.15) is 4.31 Å². The third kappa shape index (κ3) is 7.00. The van der Waals surface area contributed by atoms with Gasteiger partial charge in [0.15, 0.2) is 0 Å².